The minimum absolute atomic E-state index is 0.372. The molecule has 0 N–H and O–H groups in total. The fourth-order valence-electron chi connectivity index (χ4n) is 3.32. The van der Waals surface area contributed by atoms with Gasteiger partial charge in [-0.25, -0.2) is 4.98 Å². The second-order valence-electron chi connectivity index (χ2n) is 6.27. The van der Waals surface area contributed by atoms with Crippen molar-refractivity contribution in [3.63, 3.8) is 0 Å². The average Bonchev–Trinajstić information content (AvgIpc) is 2.86. The molecule has 0 aliphatic carbocycles. The van der Waals surface area contributed by atoms with Crippen molar-refractivity contribution in [2.24, 2.45) is 0 Å². The SMILES string of the molecule is C=C(C)Cn1c([C@@H](C)N2CCCCC2)nc2ccccc21. The van der Waals surface area contributed by atoms with Gasteiger partial charge < -0.3 is 4.57 Å². The largest absolute Gasteiger partial charge is 0.323 e. The Morgan fingerprint density at radius 1 is 1.24 bits per heavy atom. The fourth-order valence-corrected chi connectivity index (χ4v) is 3.32. The van der Waals surface area contributed by atoms with Crippen LogP contribution in [0.3, 0.4) is 0 Å². The quantitative estimate of drug-likeness (QED) is 0.786. The number of benzene rings is 1. The van der Waals surface area contributed by atoms with Gasteiger partial charge in [-0.1, -0.05) is 30.7 Å². The summed E-state index contributed by atoms with van der Waals surface area (Å²) in [7, 11) is 0. The Bertz CT molecular complexity index is 635. The molecule has 0 spiro atoms. The van der Waals surface area contributed by atoms with Gasteiger partial charge in [-0.3, -0.25) is 4.90 Å². The lowest BCUT2D eigenvalue weighted by molar-refractivity contribution is 0.166. The monoisotopic (exact) mass is 283 g/mol. The molecule has 0 bridgehead atoms. The van der Waals surface area contributed by atoms with Crippen molar-refractivity contribution in [3.05, 3.63) is 42.2 Å². The Morgan fingerprint density at radius 3 is 2.67 bits per heavy atom. The van der Waals surface area contributed by atoms with Crippen LogP contribution in [0.2, 0.25) is 0 Å². The van der Waals surface area contributed by atoms with Crippen LogP contribution in [0.4, 0.5) is 0 Å². The number of hydrogen-bond donors (Lipinski definition) is 0. The average molecular weight is 283 g/mol. The predicted octanol–water partition coefficient (Wildman–Crippen LogP) is 4.16. The van der Waals surface area contributed by atoms with Crippen molar-refractivity contribution in [1.82, 2.24) is 14.5 Å². The smallest absolute Gasteiger partial charge is 0.127 e. The van der Waals surface area contributed by atoms with Crippen LogP contribution in [0.25, 0.3) is 11.0 Å². The number of piperidine rings is 1. The maximum Gasteiger partial charge on any atom is 0.127 e. The van der Waals surface area contributed by atoms with Gasteiger partial charge in [-0.15, -0.1) is 0 Å². The summed E-state index contributed by atoms with van der Waals surface area (Å²) in [5.74, 6) is 1.18. The van der Waals surface area contributed by atoms with Crippen molar-refractivity contribution in [1.29, 1.82) is 0 Å². The molecule has 0 amide bonds. The van der Waals surface area contributed by atoms with Crippen molar-refractivity contribution in [2.45, 2.75) is 45.7 Å². The van der Waals surface area contributed by atoms with Gasteiger partial charge >= 0.3 is 0 Å². The zero-order valence-corrected chi connectivity index (χ0v) is 13.2. The zero-order valence-electron chi connectivity index (χ0n) is 13.2. The first-order valence-corrected chi connectivity index (χ1v) is 8.00. The third-order valence-corrected chi connectivity index (χ3v) is 4.42. The molecule has 112 valence electrons. The van der Waals surface area contributed by atoms with Gasteiger partial charge in [0, 0.05) is 6.54 Å². The number of imidazole rings is 1. The van der Waals surface area contributed by atoms with Crippen molar-refractivity contribution in [3.8, 4) is 0 Å². The van der Waals surface area contributed by atoms with E-state index in [2.05, 4.69) is 54.2 Å². The normalized spacial score (nSPS) is 18.0. The van der Waals surface area contributed by atoms with Gasteiger partial charge in [0.1, 0.15) is 5.82 Å². The number of para-hydroxylation sites is 2. The molecule has 1 atom stereocenters. The molecule has 0 unspecified atom stereocenters. The molecule has 1 saturated heterocycles. The van der Waals surface area contributed by atoms with E-state index < -0.39 is 0 Å². The van der Waals surface area contributed by atoms with Crippen LogP contribution < -0.4 is 0 Å². The molecule has 2 aromatic rings. The molecule has 1 fully saturated rings. The Kier molecular flexibility index (Phi) is 4.11. The molecular weight excluding hydrogens is 258 g/mol. The summed E-state index contributed by atoms with van der Waals surface area (Å²) in [6.07, 6.45) is 3.99. The minimum Gasteiger partial charge on any atom is -0.323 e. The zero-order chi connectivity index (χ0) is 14.8. The standard InChI is InChI=1S/C18H25N3/c1-14(2)13-21-17-10-6-5-9-16(17)19-18(21)15(3)20-11-7-4-8-12-20/h5-6,9-10,15H,1,4,7-8,11-13H2,2-3H3/t15-/m1/s1. The van der Waals surface area contributed by atoms with Gasteiger partial charge in [0.25, 0.3) is 0 Å². The molecule has 2 heterocycles. The molecule has 3 rings (SSSR count). The van der Waals surface area contributed by atoms with Crippen LogP contribution in [0, 0.1) is 0 Å². The summed E-state index contributed by atoms with van der Waals surface area (Å²) < 4.78 is 2.34. The summed E-state index contributed by atoms with van der Waals surface area (Å²) in [5.41, 5.74) is 3.49. The highest BCUT2D eigenvalue weighted by Gasteiger charge is 2.23. The van der Waals surface area contributed by atoms with Gasteiger partial charge in [0.2, 0.25) is 0 Å². The molecule has 1 aromatic heterocycles. The number of rotatable bonds is 4. The molecule has 3 heteroatoms. The van der Waals surface area contributed by atoms with Crippen molar-refractivity contribution < 1.29 is 0 Å². The highest BCUT2D eigenvalue weighted by molar-refractivity contribution is 5.76. The lowest BCUT2D eigenvalue weighted by atomic mass is 10.1. The van der Waals surface area contributed by atoms with Gasteiger partial charge in [-0.05, 0) is 51.9 Å². The van der Waals surface area contributed by atoms with E-state index in [9.17, 15) is 0 Å². The first-order valence-electron chi connectivity index (χ1n) is 8.00. The third-order valence-electron chi connectivity index (χ3n) is 4.42. The number of hydrogen-bond acceptors (Lipinski definition) is 2. The van der Waals surface area contributed by atoms with E-state index >= 15 is 0 Å². The van der Waals surface area contributed by atoms with Crippen LogP contribution in [-0.4, -0.2) is 27.5 Å². The molecular formula is C18H25N3. The summed E-state index contributed by atoms with van der Waals surface area (Å²) >= 11 is 0. The second kappa shape index (κ2) is 6.02. The van der Waals surface area contributed by atoms with E-state index in [0.717, 1.165) is 12.1 Å². The molecule has 0 radical (unpaired) electrons. The molecule has 0 saturated carbocycles. The molecule has 1 aromatic carbocycles. The highest BCUT2D eigenvalue weighted by atomic mass is 15.2. The van der Waals surface area contributed by atoms with E-state index in [1.54, 1.807) is 0 Å². The Morgan fingerprint density at radius 2 is 1.95 bits per heavy atom. The summed E-state index contributed by atoms with van der Waals surface area (Å²) in [6.45, 7) is 11.7. The van der Waals surface area contributed by atoms with Gasteiger partial charge in [-0.2, -0.15) is 0 Å². The molecule has 3 nitrogen and oxygen atoms in total. The van der Waals surface area contributed by atoms with Gasteiger partial charge in [0.05, 0.1) is 17.1 Å². The number of allylic oxidation sites excluding steroid dienone is 1. The summed E-state index contributed by atoms with van der Waals surface area (Å²) in [4.78, 5) is 7.49. The summed E-state index contributed by atoms with van der Waals surface area (Å²) in [5, 5.41) is 0. The van der Waals surface area contributed by atoms with Crippen LogP contribution in [0.15, 0.2) is 36.4 Å². The first kappa shape index (κ1) is 14.3. The number of aromatic nitrogens is 2. The lowest BCUT2D eigenvalue weighted by Gasteiger charge is -2.32. The van der Waals surface area contributed by atoms with E-state index in [4.69, 9.17) is 4.98 Å². The van der Waals surface area contributed by atoms with E-state index in [1.165, 1.54) is 49.3 Å². The van der Waals surface area contributed by atoms with Crippen LogP contribution in [-0.2, 0) is 6.54 Å². The van der Waals surface area contributed by atoms with E-state index in [1.807, 2.05) is 0 Å². The second-order valence-corrected chi connectivity index (χ2v) is 6.27. The van der Waals surface area contributed by atoms with Crippen LogP contribution in [0.5, 0.6) is 0 Å². The molecule has 1 aliphatic rings. The number of likely N-dealkylation sites (tertiary alicyclic amines) is 1. The topological polar surface area (TPSA) is 21.1 Å². The van der Waals surface area contributed by atoms with Crippen molar-refractivity contribution >= 4 is 11.0 Å². The maximum atomic E-state index is 4.92. The minimum atomic E-state index is 0.372. The Balaban J connectivity index is 2.01. The molecule has 1 aliphatic heterocycles. The van der Waals surface area contributed by atoms with E-state index in [0.29, 0.717) is 6.04 Å². The van der Waals surface area contributed by atoms with Crippen LogP contribution >= 0.6 is 0 Å². The highest BCUT2D eigenvalue weighted by Crippen LogP contribution is 2.27. The van der Waals surface area contributed by atoms with Gasteiger partial charge in [0.15, 0.2) is 0 Å². The predicted molar refractivity (Wildman–Crippen MR) is 88.4 cm³/mol. The Labute approximate surface area is 127 Å². The third kappa shape index (κ3) is 2.88. The lowest BCUT2D eigenvalue weighted by Crippen LogP contribution is -2.33. The first-order chi connectivity index (χ1) is 10.2. The fraction of sp³-hybridized carbons (Fsp3) is 0.500. The Hall–Kier alpha value is -1.61. The van der Waals surface area contributed by atoms with E-state index in [-0.39, 0.29) is 0 Å². The summed E-state index contributed by atoms with van der Waals surface area (Å²) in [6, 6.07) is 8.80. The number of nitrogens with zero attached hydrogens (tertiary/aromatic N) is 3. The maximum absolute atomic E-state index is 4.92. The van der Waals surface area contributed by atoms with Crippen molar-refractivity contribution in [2.75, 3.05) is 13.1 Å². The number of fused-ring (bicyclic) bond motifs is 1. The molecule has 21 heavy (non-hydrogen) atoms. The van der Waals surface area contributed by atoms with Crippen LogP contribution in [0.1, 0.15) is 45.0 Å².